The molecule has 10 nitrogen and oxygen atoms in total. The van der Waals surface area contributed by atoms with Crippen molar-refractivity contribution in [2.24, 2.45) is 0 Å². The number of amides is 1. The molecule has 0 aromatic heterocycles. The largest absolute Gasteiger partial charge is 0.445 e. The Bertz CT molecular complexity index is 1110. The number of rotatable bonds is 6. The molecule has 0 saturated carbocycles. The molecule has 2 aliphatic rings. The predicted octanol–water partition coefficient (Wildman–Crippen LogP) is 2.13. The van der Waals surface area contributed by atoms with Gasteiger partial charge in [-0.15, -0.1) is 0 Å². The first-order valence-electron chi connectivity index (χ1n) is 10.1. The van der Waals surface area contributed by atoms with E-state index in [-0.39, 0.29) is 30.3 Å². The van der Waals surface area contributed by atoms with Gasteiger partial charge in [-0.25, -0.2) is 13.2 Å². The zero-order chi connectivity index (χ0) is 22.9. The van der Waals surface area contributed by atoms with Gasteiger partial charge < -0.3 is 14.7 Å². The van der Waals surface area contributed by atoms with Crippen molar-refractivity contribution in [2.45, 2.75) is 35.9 Å². The van der Waals surface area contributed by atoms with Crippen LogP contribution in [0, 0.1) is 10.1 Å². The predicted molar refractivity (Wildman–Crippen MR) is 113 cm³/mol. The maximum atomic E-state index is 13.4. The molecule has 2 unspecified atom stereocenters. The number of ether oxygens (including phenoxy) is 1. The average molecular weight is 461 g/mol. The van der Waals surface area contributed by atoms with Gasteiger partial charge in [-0.1, -0.05) is 30.3 Å². The van der Waals surface area contributed by atoms with Crippen LogP contribution in [-0.4, -0.2) is 65.0 Å². The van der Waals surface area contributed by atoms with Gasteiger partial charge in [0, 0.05) is 31.3 Å². The van der Waals surface area contributed by atoms with E-state index in [2.05, 4.69) is 0 Å². The van der Waals surface area contributed by atoms with Crippen LogP contribution in [0.5, 0.6) is 0 Å². The molecule has 2 aromatic rings. The summed E-state index contributed by atoms with van der Waals surface area (Å²) in [6, 6.07) is 13.3. The number of likely N-dealkylation sites (tertiary alicyclic amines) is 1. The number of hydrogen-bond acceptors (Lipinski definition) is 7. The smallest absolute Gasteiger partial charge is 0.410 e. The van der Waals surface area contributed by atoms with E-state index < -0.39 is 39.2 Å². The first-order valence-corrected chi connectivity index (χ1v) is 11.6. The van der Waals surface area contributed by atoms with Crippen LogP contribution in [0.1, 0.15) is 18.4 Å². The molecule has 2 aliphatic heterocycles. The number of carbonyl (C=O) groups is 1. The Morgan fingerprint density at radius 2 is 1.88 bits per heavy atom. The second-order valence-electron chi connectivity index (χ2n) is 8.05. The standard InChI is InChI=1S/C21H23N3O7S/c25-15-21-11-10-18(12-22(14-21)20(26)31-13-16-4-2-1-3-5-16)23(21)32(29,30)19-8-6-17(7-9-19)24(27)28/h1-9,18,25H,10-15H2. The lowest BCUT2D eigenvalue weighted by atomic mass is 9.98. The van der Waals surface area contributed by atoms with Crippen LogP contribution >= 0.6 is 0 Å². The number of non-ortho nitro benzene ring substituents is 1. The lowest BCUT2D eigenvalue weighted by molar-refractivity contribution is -0.384. The molecule has 0 aliphatic carbocycles. The van der Waals surface area contributed by atoms with Gasteiger partial charge in [0.15, 0.2) is 0 Å². The highest BCUT2D eigenvalue weighted by atomic mass is 32.2. The van der Waals surface area contributed by atoms with Crippen molar-refractivity contribution in [1.29, 1.82) is 0 Å². The molecular formula is C21H23N3O7S. The highest BCUT2D eigenvalue weighted by Crippen LogP contribution is 2.43. The number of hydrogen-bond donors (Lipinski definition) is 1. The normalized spacial score (nSPS) is 23.2. The molecule has 0 spiro atoms. The number of sulfonamides is 1. The van der Waals surface area contributed by atoms with Crippen molar-refractivity contribution in [1.82, 2.24) is 9.21 Å². The number of fused-ring (bicyclic) bond motifs is 2. The first kappa shape index (κ1) is 22.2. The molecule has 0 radical (unpaired) electrons. The third-order valence-electron chi connectivity index (χ3n) is 6.02. The molecule has 170 valence electrons. The quantitative estimate of drug-likeness (QED) is 0.515. The van der Waals surface area contributed by atoms with Crippen LogP contribution in [0.2, 0.25) is 0 Å². The van der Waals surface area contributed by atoms with Crippen molar-refractivity contribution >= 4 is 21.8 Å². The van der Waals surface area contributed by atoms with Gasteiger partial charge in [-0.2, -0.15) is 4.31 Å². The highest BCUT2D eigenvalue weighted by molar-refractivity contribution is 7.89. The van der Waals surface area contributed by atoms with E-state index in [0.717, 1.165) is 17.7 Å². The van der Waals surface area contributed by atoms with Crippen LogP contribution in [0.3, 0.4) is 0 Å². The molecular weight excluding hydrogens is 438 g/mol. The fourth-order valence-corrected chi connectivity index (χ4v) is 6.48. The minimum atomic E-state index is -4.04. The highest BCUT2D eigenvalue weighted by Gasteiger charge is 2.57. The van der Waals surface area contributed by atoms with Crippen LogP contribution in [-0.2, 0) is 21.4 Å². The van der Waals surface area contributed by atoms with Gasteiger partial charge >= 0.3 is 6.09 Å². The summed E-state index contributed by atoms with van der Waals surface area (Å²) in [5, 5.41) is 21.1. The van der Waals surface area contributed by atoms with Gasteiger partial charge in [-0.3, -0.25) is 10.1 Å². The van der Waals surface area contributed by atoms with E-state index >= 15 is 0 Å². The van der Waals surface area contributed by atoms with E-state index in [1.54, 1.807) is 0 Å². The number of aliphatic hydroxyl groups excluding tert-OH is 1. The van der Waals surface area contributed by atoms with E-state index in [0.29, 0.717) is 12.8 Å². The van der Waals surface area contributed by atoms with Crippen molar-refractivity contribution in [3.8, 4) is 0 Å². The summed E-state index contributed by atoms with van der Waals surface area (Å²) in [5.74, 6) is 0. The average Bonchev–Trinajstić information content (AvgIpc) is 3.06. The lowest BCUT2D eigenvalue weighted by Gasteiger charge is -2.46. The number of nitro benzene ring substituents is 1. The molecule has 2 aromatic carbocycles. The molecule has 2 heterocycles. The number of piperazine rings is 1. The third-order valence-corrected chi connectivity index (χ3v) is 8.09. The summed E-state index contributed by atoms with van der Waals surface area (Å²) in [6.07, 6.45) is 0.309. The molecule has 4 rings (SSSR count). The summed E-state index contributed by atoms with van der Waals surface area (Å²) in [6.45, 7) is -0.225. The van der Waals surface area contributed by atoms with Gasteiger partial charge in [0.05, 0.1) is 22.0 Å². The summed E-state index contributed by atoms with van der Waals surface area (Å²) in [7, 11) is -4.04. The van der Waals surface area contributed by atoms with Crippen molar-refractivity contribution < 1.29 is 28.0 Å². The molecule has 1 N–H and O–H groups in total. The minimum absolute atomic E-state index is 0.000164. The molecule has 2 atom stereocenters. The summed E-state index contributed by atoms with van der Waals surface area (Å²) in [5.41, 5.74) is -0.551. The number of benzene rings is 2. The summed E-state index contributed by atoms with van der Waals surface area (Å²) < 4.78 is 33.5. The molecule has 11 heteroatoms. The van der Waals surface area contributed by atoms with E-state index in [1.807, 2.05) is 30.3 Å². The molecule has 2 saturated heterocycles. The van der Waals surface area contributed by atoms with Crippen LogP contribution in [0.25, 0.3) is 0 Å². The Kier molecular flexibility index (Phi) is 5.89. The van der Waals surface area contributed by atoms with Crippen molar-refractivity contribution in [3.05, 3.63) is 70.3 Å². The van der Waals surface area contributed by atoms with Crippen LogP contribution in [0.4, 0.5) is 10.5 Å². The van der Waals surface area contributed by atoms with Gasteiger partial charge in [0.2, 0.25) is 10.0 Å². The number of carbonyl (C=O) groups excluding carboxylic acids is 1. The Hall–Kier alpha value is -3.02. The first-order chi connectivity index (χ1) is 15.3. The second-order valence-corrected chi connectivity index (χ2v) is 9.86. The third kappa shape index (κ3) is 3.94. The molecule has 2 bridgehead atoms. The number of nitro groups is 1. The Labute approximate surface area is 185 Å². The van der Waals surface area contributed by atoms with Crippen LogP contribution in [0.15, 0.2) is 59.5 Å². The van der Waals surface area contributed by atoms with E-state index in [4.69, 9.17) is 4.74 Å². The van der Waals surface area contributed by atoms with Gasteiger partial charge in [-0.05, 0) is 30.5 Å². The van der Waals surface area contributed by atoms with Crippen molar-refractivity contribution in [3.63, 3.8) is 0 Å². The summed E-state index contributed by atoms with van der Waals surface area (Å²) >= 11 is 0. The van der Waals surface area contributed by atoms with E-state index in [9.17, 15) is 28.4 Å². The lowest BCUT2D eigenvalue weighted by Crippen LogP contribution is -2.65. The SMILES string of the molecule is O=C(OCc1ccccc1)N1CC2CCC(CO)(C1)N2S(=O)(=O)c1ccc([N+](=O)[O-])cc1. The number of nitrogens with zero attached hydrogens (tertiary/aromatic N) is 3. The maximum absolute atomic E-state index is 13.4. The van der Waals surface area contributed by atoms with E-state index in [1.165, 1.54) is 21.3 Å². The topological polar surface area (TPSA) is 130 Å². The number of aliphatic hydroxyl groups is 1. The fraction of sp³-hybridized carbons (Fsp3) is 0.381. The Balaban J connectivity index is 1.53. The monoisotopic (exact) mass is 461 g/mol. The molecule has 2 fully saturated rings. The fourth-order valence-electron chi connectivity index (χ4n) is 4.49. The summed E-state index contributed by atoms with van der Waals surface area (Å²) in [4.78, 5) is 24.3. The van der Waals surface area contributed by atoms with Gasteiger partial charge in [0.25, 0.3) is 5.69 Å². The maximum Gasteiger partial charge on any atom is 0.410 e. The second kappa shape index (κ2) is 8.49. The van der Waals surface area contributed by atoms with Gasteiger partial charge in [0.1, 0.15) is 6.61 Å². The zero-order valence-electron chi connectivity index (χ0n) is 17.2. The molecule has 32 heavy (non-hydrogen) atoms. The Morgan fingerprint density at radius 1 is 1.19 bits per heavy atom. The van der Waals surface area contributed by atoms with Crippen molar-refractivity contribution in [2.75, 3.05) is 19.7 Å². The minimum Gasteiger partial charge on any atom is -0.445 e. The molecule has 1 amide bonds. The Morgan fingerprint density at radius 3 is 2.50 bits per heavy atom. The zero-order valence-corrected chi connectivity index (χ0v) is 18.0. The van der Waals surface area contributed by atoms with Crippen LogP contribution < -0.4 is 0 Å².